The average molecular weight is 290 g/mol. The molecule has 2 rings (SSSR count). The van der Waals surface area contributed by atoms with Gasteiger partial charge in [0, 0.05) is 12.5 Å². The van der Waals surface area contributed by atoms with Gasteiger partial charge in [-0.1, -0.05) is 18.6 Å². The summed E-state index contributed by atoms with van der Waals surface area (Å²) in [6, 6.07) is 5.44. The summed E-state index contributed by atoms with van der Waals surface area (Å²) < 4.78 is 4.78. The lowest BCUT2D eigenvalue weighted by molar-refractivity contribution is -0.117. The van der Waals surface area contributed by atoms with Crippen molar-refractivity contribution in [2.45, 2.75) is 38.6 Å². The second-order valence-corrected chi connectivity index (χ2v) is 5.60. The first kappa shape index (κ1) is 15.5. The molecule has 0 aromatic heterocycles. The van der Waals surface area contributed by atoms with Gasteiger partial charge >= 0.3 is 5.97 Å². The Morgan fingerprint density at radius 2 is 2.14 bits per heavy atom. The van der Waals surface area contributed by atoms with Crippen LogP contribution in [0.25, 0.3) is 0 Å². The molecule has 1 aromatic carbocycles. The van der Waals surface area contributed by atoms with E-state index in [1.165, 1.54) is 7.11 Å². The van der Waals surface area contributed by atoms with Crippen LogP contribution in [0, 0.1) is 12.8 Å². The van der Waals surface area contributed by atoms with Gasteiger partial charge in [0.25, 0.3) is 0 Å². The molecule has 1 fully saturated rings. The number of amides is 1. The van der Waals surface area contributed by atoms with E-state index in [-0.39, 0.29) is 17.9 Å². The third-order valence-electron chi connectivity index (χ3n) is 4.10. The first-order chi connectivity index (χ1) is 10.0. The highest BCUT2D eigenvalue weighted by atomic mass is 16.5. The third kappa shape index (κ3) is 3.61. The van der Waals surface area contributed by atoms with Crippen LogP contribution >= 0.6 is 0 Å². The maximum absolute atomic E-state index is 12.2. The molecule has 2 atom stereocenters. The van der Waals surface area contributed by atoms with Crippen LogP contribution in [0.5, 0.6) is 0 Å². The Morgan fingerprint density at radius 1 is 1.38 bits per heavy atom. The lowest BCUT2D eigenvalue weighted by Gasteiger charge is -2.16. The predicted octanol–water partition coefficient (Wildman–Crippen LogP) is 2.24. The van der Waals surface area contributed by atoms with E-state index >= 15 is 0 Å². The number of nitrogens with two attached hydrogens (primary N) is 1. The minimum Gasteiger partial charge on any atom is -0.465 e. The van der Waals surface area contributed by atoms with Crippen molar-refractivity contribution in [2.24, 2.45) is 11.7 Å². The summed E-state index contributed by atoms with van der Waals surface area (Å²) in [5.74, 6) is -0.314. The molecule has 0 radical (unpaired) electrons. The van der Waals surface area contributed by atoms with Gasteiger partial charge in [0.05, 0.1) is 18.4 Å². The first-order valence-electron chi connectivity index (χ1n) is 7.26. The number of nitrogens with one attached hydrogen (secondary N) is 1. The minimum absolute atomic E-state index is 0.104. The zero-order valence-electron chi connectivity index (χ0n) is 12.5. The first-order valence-corrected chi connectivity index (χ1v) is 7.26. The van der Waals surface area contributed by atoms with Gasteiger partial charge in [-0.3, -0.25) is 4.79 Å². The van der Waals surface area contributed by atoms with Gasteiger partial charge in [-0.25, -0.2) is 4.79 Å². The van der Waals surface area contributed by atoms with Gasteiger partial charge in [-0.15, -0.1) is 0 Å². The van der Waals surface area contributed by atoms with Gasteiger partial charge < -0.3 is 15.8 Å². The van der Waals surface area contributed by atoms with Crippen molar-refractivity contribution in [3.8, 4) is 0 Å². The number of anilines is 1. The van der Waals surface area contributed by atoms with Gasteiger partial charge in [0.15, 0.2) is 0 Å². The summed E-state index contributed by atoms with van der Waals surface area (Å²) in [6.45, 7) is 1.81. The number of methoxy groups -OCH3 is 1. The Kier molecular flexibility index (Phi) is 4.96. The SMILES string of the molecule is COC(=O)c1c(C)cccc1NC(=O)C[C@@H]1CCC[C@H]1N. The van der Waals surface area contributed by atoms with E-state index in [2.05, 4.69) is 5.32 Å². The standard InChI is InChI=1S/C16H22N2O3/c1-10-5-3-8-13(15(10)16(20)21-2)18-14(19)9-11-6-4-7-12(11)17/h3,5,8,11-12H,4,6-7,9,17H2,1-2H3,(H,18,19)/t11-,12+/m0/s1. The van der Waals surface area contributed by atoms with E-state index < -0.39 is 5.97 Å². The molecule has 0 saturated heterocycles. The lowest BCUT2D eigenvalue weighted by atomic mass is 9.99. The average Bonchev–Trinajstić information content (AvgIpc) is 2.83. The number of hydrogen-bond acceptors (Lipinski definition) is 4. The number of aryl methyl sites for hydroxylation is 1. The lowest BCUT2D eigenvalue weighted by Crippen LogP contribution is -2.28. The molecule has 1 aliphatic rings. The molecule has 0 heterocycles. The molecule has 0 spiro atoms. The summed E-state index contributed by atoms with van der Waals surface area (Å²) in [5.41, 5.74) is 7.67. The van der Waals surface area contributed by atoms with Crippen LogP contribution in [0.3, 0.4) is 0 Å². The van der Waals surface area contributed by atoms with E-state index in [4.69, 9.17) is 10.5 Å². The van der Waals surface area contributed by atoms with Crippen LogP contribution in [0.4, 0.5) is 5.69 Å². The number of ether oxygens (including phenoxy) is 1. The maximum atomic E-state index is 12.2. The molecule has 0 bridgehead atoms. The quantitative estimate of drug-likeness (QED) is 0.833. The molecule has 114 valence electrons. The predicted molar refractivity (Wildman–Crippen MR) is 81.1 cm³/mol. The van der Waals surface area contributed by atoms with Crippen molar-refractivity contribution < 1.29 is 14.3 Å². The van der Waals surface area contributed by atoms with Crippen LogP contribution in [0.15, 0.2) is 18.2 Å². The molecule has 5 nitrogen and oxygen atoms in total. The van der Waals surface area contributed by atoms with Crippen molar-refractivity contribution >= 4 is 17.6 Å². The zero-order chi connectivity index (χ0) is 15.4. The van der Waals surface area contributed by atoms with Gasteiger partial charge in [-0.05, 0) is 37.3 Å². The van der Waals surface area contributed by atoms with E-state index in [0.29, 0.717) is 17.7 Å². The Labute approximate surface area is 124 Å². The number of carbonyl (C=O) groups excluding carboxylic acids is 2. The molecule has 21 heavy (non-hydrogen) atoms. The molecule has 1 aromatic rings. The summed E-state index contributed by atoms with van der Waals surface area (Å²) in [6.07, 6.45) is 3.45. The fraction of sp³-hybridized carbons (Fsp3) is 0.500. The molecule has 0 unspecified atom stereocenters. The van der Waals surface area contributed by atoms with E-state index in [1.807, 2.05) is 13.0 Å². The number of hydrogen-bond donors (Lipinski definition) is 2. The Hall–Kier alpha value is -1.88. The van der Waals surface area contributed by atoms with Crippen LogP contribution < -0.4 is 11.1 Å². The van der Waals surface area contributed by atoms with E-state index in [1.54, 1.807) is 12.1 Å². The summed E-state index contributed by atoms with van der Waals surface area (Å²) in [7, 11) is 1.33. The summed E-state index contributed by atoms with van der Waals surface area (Å²) in [5, 5.41) is 2.82. The van der Waals surface area contributed by atoms with Gasteiger partial charge in [0.1, 0.15) is 0 Å². The highest BCUT2D eigenvalue weighted by molar-refractivity contribution is 6.02. The highest BCUT2D eigenvalue weighted by Crippen LogP contribution is 2.28. The Bertz CT molecular complexity index is 542. The monoisotopic (exact) mass is 290 g/mol. The molecule has 0 aliphatic heterocycles. The van der Waals surface area contributed by atoms with Crippen LogP contribution in [-0.2, 0) is 9.53 Å². The Balaban J connectivity index is 2.10. The van der Waals surface area contributed by atoms with Crippen molar-refractivity contribution in [3.05, 3.63) is 29.3 Å². The number of carbonyl (C=O) groups is 2. The largest absolute Gasteiger partial charge is 0.465 e. The molecule has 5 heteroatoms. The molecule has 1 saturated carbocycles. The van der Waals surface area contributed by atoms with E-state index in [0.717, 1.165) is 24.8 Å². The molecular weight excluding hydrogens is 268 g/mol. The minimum atomic E-state index is -0.444. The topological polar surface area (TPSA) is 81.4 Å². The van der Waals surface area contributed by atoms with Crippen molar-refractivity contribution in [1.29, 1.82) is 0 Å². The van der Waals surface area contributed by atoms with E-state index in [9.17, 15) is 9.59 Å². The van der Waals surface area contributed by atoms with Crippen LogP contribution in [0.2, 0.25) is 0 Å². The Morgan fingerprint density at radius 3 is 2.76 bits per heavy atom. The second-order valence-electron chi connectivity index (χ2n) is 5.60. The van der Waals surface area contributed by atoms with Gasteiger partial charge in [0.2, 0.25) is 5.91 Å². The molecule has 1 amide bonds. The zero-order valence-corrected chi connectivity index (χ0v) is 12.5. The van der Waals surface area contributed by atoms with Crippen molar-refractivity contribution in [1.82, 2.24) is 0 Å². The number of benzene rings is 1. The fourth-order valence-electron chi connectivity index (χ4n) is 2.90. The molecule has 3 N–H and O–H groups in total. The highest BCUT2D eigenvalue weighted by Gasteiger charge is 2.26. The maximum Gasteiger partial charge on any atom is 0.340 e. The van der Waals surface area contributed by atoms with Crippen LogP contribution in [-0.4, -0.2) is 25.0 Å². The smallest absolute Gasteiger partial charge is 0.340 e. The number of esters is 1. The number of rotatable bonds is 4. The van der Waals surface area contributed by atoms with Crippen molar-refractivity contribution in [3.63, 3.8) is 0 Å². The fourth-order valence-corrected chi connectivity index (χ4v) is 2.90. The summed E-state index contributed by atoms with van der Waals surface area (Å²) in [4.78, 5) is 24.0. The molecular formula is C16H22N2O3. The van der Waals surface area contributed by atoms with Gasteiger partial charge in [-0.2, -0.15) is 0 Å². The van der Waals surface area contributed by atoms with Crippen molar-refractivity contribution in [2.75, 3.05) is 12.4 Å². The van der Waals surface area contributed by atoms with Crippen LogP contribution in [0.1, 0.15) is 41.6 Å². The normalized spacial score (nSPS) is 21.1. The molecule has 1 aliphatic carbocycles. The third-order valence-corrected chi connectivity index (χ3v) is 4.10. The summed E-state index contributed by atoms with van der Waals surface area (Å²) >= 11 is 0. The second kappa shape index (κ2) is 6.72.